The third kappa shape index (κ3) is 2.54. The highest BCUT2D eigenvalue weighted by molar-refractivity contribution is 7.89. The fourth-order valence-corrected chi connectivity index (χ4v) is 2.19. The highest BCUT2D eigenvalue weighted by Gasteiger charge is 2.22. The summed E-state index contributed by atoms with van der Waals surface area (Å²) in [5.74, 6) is -0.417. The van der Waals surface area contributed by atoms with Crippen LogP contribution >= 0.6 is 0 Å². The average molecular weight is 200 g/mol. The molecule has 5 heteroatoms. The van der Waals surface area contributed by atoms with E-state index in [1.54, 1.807) is 6.07 Å². The number of hydrogen-bond donors (Lipinski definition) is 0. The maximum atomic E-state index is 11.4. The highest BCUT2D eigenvalue weighted by Crippen LogP contribution is 2.13. The van der Waals surface area contributed by atoms with Gasteiger partial charge in [-0.3, -0.25) is 0 Å². The Bertz CT molecular complexity index is 351. The number of hydrogen-bond acceptors (Lipinski definition) is 3. The van der Waals surface area contributed by atoms with Crippen LogP contribution in [0.25, 0.3) is 0 Å². The molecule has 0 N–H and O–H groups in total. The Kier molecular flexibility index (Phi) is 3.07. The van der Waals surface area contributed by atoms with Crippen LogP contribution < -0.4 is 0 Å². The van der Waals surface area contributed by atoms with Crippen LogP contribution in [0.2, 0.25) is 0 Å². The van der Waals surface area contributed by atoms with Crippen LogP contribution in [0.1, 0.15) is 13.3 Å². The lowest BCUT2D eigenvalue weighted by Gasteiger charge is -2.23. The van der Waals surface area contributed by atoms with Crippen LogP contribution in [0.4, 0.5) is 0 Å². The minimum Gasteiger partial charge on any atom is -0.211 e. The van der Waals surface area contributed by atoms with E-state index in [0.29, 0.717) is 13.1 Å². The van der Waals surface area contributed by atoms with E-state index in [9.17, 15) is 8.42 Å². The second-order valence-electron chi connectivity index (χ2n) is 3.07. The summed E-state index contributed by atoms with van der Waals surface area (Å²) in [4.78, 5) is 0. The second-order valence-corrected chi connectivity index (χ2v) is 5.04. The molecule has 0 unspecified atom stereocenters. The summed E-state index contributed by atoms with van der Waals surface area (Å²) in [5.41, 5.74) is 1.21. The predicted octanol–water partition coefficient (Wildman–Crippen LogP) is 0.492. The lowest BCUT2D eigenvalue weighted by atomic mass is 10.1. The molecule has 0 amide bonds. The summed E-state index contributed by atoms with van der Waals surface area (Å²) >= 11 is 0. The smallest absolute Gasteiger partial charge is 0.211 e. The lowest BCUT2D eigenvalue weighted by Crippen LogP contribution is -2.35. The molecule has 1 aliphatic rings. The van der Waals surface area contributed by atoms with Gasteiger partial charge in [-0.2, -0.15) is 9.57 Å². The van der Waals surface area contributed by atoms with Crippen molar-refractivity contribution < 1.29 is 8.42 Å². The van der Waals surface area contributed by atoms with Gasteiger partial charge in [0.25, 0.3) is 0 Å². The molecule has 0 fully saturated rings. The zero-order chi connectivity index (χ0) is 9.90. The Labute approximate surface area is 78.5 Å². The lowest BCUT2D eigenvalue weighted by molar-refractivity contribution is 0.434. The summed E-state index contributed by atoms with van der Waals surface area (Å²) < 4.78 is 24.1. The molecule has 0 bridgehead atoms. The maximum absolute atomic E-state index is 11.4. The van der Waals surface area contributed by atoms with E-state index < -0.39 is 15.8 Å². The van der Waals surface area contributed by atoms with E-state index in [1.807, 2.05) is 13.0 Å². The number of rotatable bonds is 2. The molecule has 0 atom stereocenters. The van der Waals surface area contributed by atoms with Crippen LogP contribution in [0.3, 0.4) is 0 Å². The van der Waals surface area contributed by atoms with Gasteiger partial charge in [0, 0.05) is 13.1 Å². The van der Waals surface area contributed by atoms with E-state index >= 15 is 0 Å². The van der Waals surface area contributed by atoms with Crippen molar-refractivity contribution in [3.63, 3.8) is 0 Å². The van der Waals surface area contributed by atoms with Gasteiger partial charge >= 0.3 is 0 Å². The SMILES string of the molecule is CC1=CCN(S(=O)(=O)CC#N)CC1. The Morgan fingerprint density at radius 3 is 2.85 bits per heavy atom. The average Bonchev–Trinajstić information content (AvgIpc) is 2.05. The van der Waals surface area contributed by atoms with Crippen molar-refractivity contribution >= 4 is 10.0 Å². The van der Waals surface area contributed by atoms with E-state index in [4.69, 9.17) is 5.26 Å². The first-order chi connectivity index (χ1) is 6.06. The van der Waals surface area contributed by atoms with Gasteiger partial charge in [0.05, 0.1) is 6.07 Å². The van der Waals surface area contributed by atoms with Crippen LogP contribution in [0, 0.1) is 11.3 Å². The van der Waals surface area contributed by atoms with Gasteiger partial charge < -0.3 is 0 Å². The predicted molar refractivity (Wildman–Crippen MR) is 49.3 cm³/mol. The van der Waals surface area contributed by atoms with E-state index in [0.717, 1.165) is 6.42 Å². The van der Waals surface area contributed by atoms with Crippen LogP contribution in [-0.4, -0.2) is 31.6 Å². The third-order valence-electron chi connectivity index (χ3n) is 2.04. The van der Waals surface area contributed by atoms with Crippen molar-refractivity contribution in [3.05, 3.63) is 11.6 Å². The van der Waals surface area contributed by atoms with Gasteiger partial charge in [-0.1, -0.05) is 11.6 Å². The molecule has 0 spiro atoms. The standard InChI is InChI=1S/C8H12N2O2S/c1-8-2-5-10(6-3-8)13(11,12)7-4-9/h2H,3,5-7H2,1H3. The topological polar surface area (TPSA) is 61.2 Å². The molecule has 0 aromatic carbocycles. The van der Waals surface area contributed by atoms with Crippen molar-refractivity contribution in [3.8, 4) is 6.07 Å². The molecule has 1 heterocycles. The van der Waals surface area contributed by atoms with Gasteiger partial charge in [-0.05, 0) is 13.3 Å². The fraction of sp³-hybridized carbons (Fsp3) is 0.625. The summed E-state index contributed by atoms with van der Waals surface area (Å²) in [6.07, 6.45) is 2.66. The zero-order valence-electron chi connectivity index (χ0n) is 7.52. The van der Waals surface area contributed by atoms with Crippen LogP contribution in [-0.2, 0) is 10.0 Å². The van der Waals surface area contributed by atoms with Crippen molar-refractivity contribution in [2.75, 3.05) is 18.8 Å². The molecule has 1 rings (SSSR count). The van der Waals surface area contributed by atoms with Crippen molar-refractivity contribution in [1.29, 1.82) is 5.26 Å². The minimum atomic E-state index is -3.33. The number of nitriles is 1. The monoisotopic (exact) mass is 200 g/mol. The first-order valence-electron chi connectivity index (χ1n) is 4.06. The first-order valence-corrected chi connectivity index (χ1v) is 5.67. The van der Waals surface area contributed by atoms with E-state index in [1.165, 1.54) is 9.88 Å². The third-order valence-corrected chi connectivity index (χ3v) is 3.65. The first kappa shape index (κ1) is 10.2. The maximum Gasteiger partial charge on any atom is 0.227 e. The van der Waals surface area contributed by atoms with E-state index in [2.05, 4.69) is 0 Å². The molecule has 72 valence electrons. The summed E-state index contributed by atoms with van der Waals surface area (Å²) in [6.45, 7) is 2.90. The molecule has 0 aromatic heterocycles. The van der Waals surface area contributed by atoms with Crippen LogP contribution in [0.15, 0.2) is 11.6 Å². The molecule has 0 aliphatic carbocycles. The van der Waals surface area contributed by atoms with Gasteiger partial charge in [-0.15, -0.1) is 0 Å². The second kappa shape index (κ2) is 3.90. The molecule has 0 aromatic rings. The van der Waals surface area contributed by atoms with Gasteiger partial charge in [-0.25, -0.2) is 8.42 Å². The number of nitrogens with zero attached hydrogens (tertiary/aromatic N) is 2. The number of sulfonamides is 1. The molecule has 13 heavy (non-hydrogen) atoms. The van der Waals surface area contributed by atoms with Crippen molar-refractivity contribution in [2.24, 2.45) is 0 Å². The molecular formula is C8H12N2O2S. The normalized spacial score (nSPS) is 19.2. The minimum absolute atomic E-state index is 0.413. The van der Waals surface area contributed by atoms with Gasteiger partial charge in [0.1, 0.15) is 0 Å². The van der Waals surface area contributed by atoms with Crippen LogP contribution in [0.5, 0.6) is 0 Å². The Morgan fingerprint density at radius 2 is 2.38 bits per heavy atom. The zero-order valence-corrected chi connectivity index (χ0v) is 8.34. The largest absolute Gasteiger partial charge is 0.227 e. The summed E-state index contributed by atoms with van der Waals surface area (Å²) in [7, 11) is -3.33. The summed E-state index contributed by atoms with van der Waals surface area (Å²) in [6, 6.07) is 1.67. The summed E-state index contributed by atoms with van der Waals surface area (Å²) in [5, 5.41) is 8.31. The Balaban J connectivity index is 2.71. The quantitative estimate of drug-likeness (QED) is 0.609. The van der Waals surface area contributed by atoms with Gasteiger partial charge in [0.2, 0.25) is 10.0 Å². The molecular weight excluding hydrogens is 188 g/mol. The molecule has 0 saturated carbocycles. The van der Waals surface area contributed by atoms with Crippen molar-refractivity contribution in [2.45, 2.75) is 13.3 Å². The van der Waals surface area contributed by atoms with Crippen molar-refractivity contribution in [1.82, 2.24) is 4.31 Å². The van der Waals surface area contributed by atoms with E-state index in [-0.39, 0.29) is 0 Å². The fourth-order valence-electron chi connectivity index (χ4n) is 1.18. The molecule has 0 saturated heterocycles. The molecule has 0 radical (unpaired) electrons. The Morgan fingerprint density at radius 1 is 1.69 bits per heavy atom. The Hall–Kier alpha value is -0.860. The molecule has 4 nitrogen and oxygen atoms in total. The van der Waals surface area contributed by atoms with Gasteiger partial charge in [0.15, 0.2) is 5.75 Å². The highest BCUT2D eigenvalue weighted by atomic mass is 32.2. The molecule has 1 aliphatic heterocycles.